The lowest BCUT2D eigenvalue weighted by Gasteiger charge is -2.10. The van der Waals surface area contributed by atoms with Crippen molar-refractivity contribution < 1.29 is 17.6 Å². The number of hydrogen-bond acceptors (Lipinski definition) is 1. The Kier molecular flexibility index (Phi) is 2.80. The third-order valence-corrected chi connectivity index (χ3v) is 1.78. The van der Waals surface area contributed by atoms with Crippen LogP contribution in [0, 0.1) is 17.1 Å². The van der Waals surface area contributed by atoms with Gasteiger partial charge in [0.1, 0.15) is 11.9 Å². The van der Waals surface area contributed by atoms with Crippen molar-refractivity contribution >= 4 is 5.57 Å². The zero-order valence-corrected chi connectivity index (χ0v) is 7.40. The Bertz CT molecular complexity index is 440. The first kappa shape index (κ1) is 11.2. The first-order chi connectivity index (χ1) is 6.86. The largest absolute Gasteiger partial charge is 0.416 e. The molecule has 5 heteroatoms. The number of hydrogen-bond donors (Lipinski definition) is 0. The molecule has 0 radical (unpaired) electrons. The summed E-state index contributed by atoms with van der Waals surface area (Å²) in [5, 5.41) is 8.37. The predicted octanol–water partition coefficient (Wildman–Crippen LogP) is 3.27. The van der Waals surface area contributed by atoms with E-state index in [9.17, 15) is 17.6 Å². The van der Waals surface area contributed by atoms with Gasteiger partial charge in [-0.05, 0) is 17.7 Å². The van der Waals surface area contributed by atoms with Crippen molar-refractivity contribution in [2.75, 3.05) is 0 Å². The number of alkyl halides is 3. The van der Waals surface area contributed by atoms with E-state index in [-0.39, 0.29) is 11.1 Å². The van der Waals surface area contributed by atoms with Crippen LogP contribution in [0.5, 0.6) is 0 Å². The molecule has 15 heavy (non-hydrogen) atoms. The monoisotopic (exact) mass is 215 g/mol. The van der Waals surface area contributed by atoms with Crippen LogP contribution >= 0.6 is 0 Å². The molecule has 0 saturated heterocycles. The minimum absolute atomic E-state index is 0.297. The smallest absolute Gasteiger partial charge is 0.206 e. The van der Waals surface area contributed by atoms with Crippen LogP contribution < -0.4 is 0 Å². The fourth-order valence-electron chi connectivity index (χ4n) is 0.957. The van der Waals surface area contributed by atoms with Gasteiger partial charge < -0.3 is 0 Å². The maximum absolute atomic E-state index is 13.0. The second-order valence-electron chi connectivity index (χ2n) is 2.78. The van der Waals surface area contributed by atoms with Gasteiger partial charge >= 0.3 is 6.18 Å². The standard InChI is InChI=1S/C10H5F4N/c1-6(10(12,13)14)7-2-3-8(5-15)9(11)4-7/h2-4H,1H2. The van der Waals surface area contributed by atoms with E-state index in [0.717, 1.165) is 12.1 Å². The Balaban J connectivity index is 3.15. The van der Waals surface area contributed by atoms with E-state index in [1.807, 2.05) is 0 Å². The van der Waals surface area contributed by atoms with Crippen molar-refractivity contribution in [1.82, 2.24) is 0 Å². The van der Waals surface area contributed by atoms with Crippen molar-refractivity contribution in [3.8, 4) is 6.07 Å². The molecule has 1 nitrogen and oxygen atoms in total. The Labute approximate surface area is 83.3 Å². The second kappa shape index (κ2) is 3.73. The highest BCUT2D eigenvalue weighted by Gasteiger charge is 2.33. The van der Waals surface area contributed by atoms with Crippen LogP contribution in [0.25, 0.3) is 5.57 Å². The summed E-state index contributed by atoms with van der Waals surface area (Å²) in [6, 6.07) is 4.16. The molecule has 0 aliphatic carbocycles. The average molecular weight is 215 g/mol. The molecule has 0 fully saturated rings. The molecular formula is C10H5F4N. The van der Waals surface area contributed by atoms with E-state index in [0.29, 0.717) is 6.07 Å². The zero-order valence-electron chi connectivity index (χ0n) is 7.40. The fraction of sp³-hybridized carbons (Fsp3) is 0.100. The minimum atomic E-state index is -4.60. The summed E-state index contributed by atoms with van der Waals surface area (Å²) < 4.78 is 49.5. The molecule has 1 aromatic rings. The SMILES string of the molecule is C=C(c1ccc(C#N)c(F)c1)C(F)(F)F. The van der Waals surface area contributed by atoms with Crippen molar-refractivity contribution in [3.05, 3.63) is 41.7 Å². The van der Waals surface area contributed by atoms with Gasteiger partial charge in [0.05, 0.1) is 11.1 Å². The average Bonchev–Trinajstić information content (AvgIpc) is 2.15. The summed E-state index contributed by atoms with van der Waals surface area (Å²) in [5.41, 5.74) is -1.81. The third kappa shape index (κ3) is 2.34. The molecule has 0 N–H and O–H groups in total. The predicted molar refractivity (Wildman–Crippen MR) is 46.2 cm³/mol. The molecular weight excluding hydrogens is 210 g/mol. The molecule has 1 aromatic carbocycles. The van der Waals surface area contributed by atoms with Crippen LogP contribution in [0.4, 0.5) is 17.6 Å². The van der Waals surface area contributed by atoms with E-state index in [1.165, 1.54) is 6.07 Å². The first-order valence-corrected chi connectivity index (χ1v) is 3.82. The number of allylic oxidation sites excluding steroid dienone is 1. The van der Waals surface area contributed by atoms with E-state index >= 15 is 0 Å². The van der Waals surface area contributed by atoms with Gasteiger partial charge in [-0.15, -0.1) is 0 Å². The lowest BCUT2D eigenvalue weighted by atomic mass is 10.1. The van der Waals surface area contributed by atoms with E-state index in [4.69, 9.17) is 5.26 Å². The van der Waals surface area contributed by atoms with Crippen LogP contribution in [-0.4, -0.2) is 6.18 Å². The summed E-state index contributed by atoms with van der Waals surface area (Å²) in [7, 11) is 0. The van der Waals surface area contributed by atoms with E-state index in [1.54, 1.807) is 0 Å². The van der Waals surface area contributed by atoms with Crippen LogP contribution in [0.2, 0.25) is 0 Å². The number of nitriles is 1. The Morgan fingerprint density at radius 2 is 1.93 bits per heavy atom. The summed E-state index contributed by atoms with van der Waals surface area (Å²) in [5.74, 6) is -0.986. The zero-order chi connectivity index (χ0) is 11.6. The molecule has 0 heterocycles. The van der Waals surface area contributed by atoms with Gasteiger partial charge in [-0.25, -0.2) is 4.39 Å². The molecule has 0 aromatic heterocycles. The van der Waals surface area contributed by atoms with Crippen LogP contribution in [0.15, 0.2) is 24.8 Å². The summed E-state index contributed by atoms with van der Waals surface area (Å²) in [6.45, 7) is 2.82. The van der Waals surface area contributed by atoms with Gasteiger partial charge in [-0.3, -0.25) is 0 Å². The third-order valence-electron chi connectivity index (χ3n) is 1.78. The Morgan fingerprint density at radius 1 is 1.33 bits per heavy atom. The van der Waals surface area contributed by atoms with Gasteiger partial charge in [0, 0.05) is 0 Å². The van der Waals surface area contributed by atoms with Crippen LogP contribution in [0.3, 0.4) is 0 Å². The molecule has 1 rings (SSSR count). The van der Waals surface area contributed by atoms with Crippen molar-refractivity contribution in [1.29, 1.82) is 5.26 Å². The molecule has 78 valence electrons. The van der Waals surface area contributed by atoms with Gasteiger partial charge in [0.25, 0.3) is 0 Å². The molecule has 0 atom stereocenters. The summed E-state index contributed by atoms with van der Waals surface area (Å²) >= 11 is 0. The van der Waals surface area contributed by atoms with Crippen LogP contribution in [-0.2, 0) is 0 Å². The molecule has 0 saturated carbocycles. The maximum Gasteiger partial charge on any atom is 0.416 e. The molecule has 0 spiro atoms. The quantitative estimate of drug-likeness (QED) is 0.659. The summed E-state index contributed by atoms with van der Waals surface area (Å²) in [6.07, 6.45) is -4.60. The van der Waals surface area contributed by atoms with Gasteiger partial charge in [-0.2, -0.15) is 18.4 Å². The Morgan fingerprint density at radius 3 is 2.33 bits per heavy atom. The lowest BCUT2D eigenvalue weighted by Crippen LogP contribution is -2.09. The van der Waals surface area contributed by atoms with Gasteiger partial charge in [0.2, 0.25) is 0 Å². The molecule has 0 unspecified atom stereocenters. The minimum Gasteiger partial charge on any atom is -0.206 e. The van der Waals surface area contributed by atoms with Crippen molar-refractivity contribution in [2.45, 2.75) is 6.18 Å². The van der Waals surface area contributed by atoms with Gasteiger partial charge in [-0.1, -0.05) is 12.6 Å². The van der Waals surface area contributed by atoms with Crippen molar-refractivity contribution in [2.24, 2.45) is 0 Å². The number of nitrogens with zero attached hydrogens (tertiary/aromatic N) is 1. The second-order valence-corrected chi connectivity index (χ2v) is 2.78. The summed E-state index contributed by atoms with van der Waals surface area (Å²) in [4.78, 5) is 0. The number of rotatable bonds is 1. The highest BCUT2D eigenvalue weighted by molar-refractivity contribution is 5.67. The lowest BCUT2D eigenvalue weighted by molar-refractivity contribution is -0.0686. The molecule has 0 aliphatic heterocycles. The number of halogens is 4. The normalized spacial score (nSPS) is 10.9. The molecule has 0 aliphatic rings. The first-order valence-electron chi connectivity index (χ1n) is 3.82. The highest BCUT2D eigenvalue weighted by Crippen LogP contribution is 2.32. The van der Waals surface area contributed by atoms with E-state index in [2.05, 4.69) is 6.58 Å². The van der Waals surface area contributed by atoms with E-state index < -0.39 is 17.6 Å². The maximum atomic E-state index is 13.0. The van der Waals surface area contributed by atoms with Crippen LogP contribution in [0.1, 0.15) is 11.1 Å². The highest BCUT2D eigenvalue weighted by atomic mass is 19.4. The Hall–Kier alpha value is -1.83. The molecule has 0 amide bonds. The van der Waals surface area contributed by atoms with Crippen molar-refractivity contribution in [3.63, 3.8) is 0 Å². The fourth-order valence-corrected chi connectivity index (χ4v) is 0.957. The van der Waals surface area contributed by atoms with Gasteiger partial charge in [0.15, 0.2) is 0 Å². The number of benzene rings is 1. The topological polar surface area (TPSA) is 23.8 Å². The molecule has 0 bridgehead atoms.